The van der Waals surface area contributed by atoms with Crippen LogP contribution in [0.1, 0.15) is 18.4 Å². The number of ketones is 1. The summed E-state index contributed by atoms with van der Waals surface area (Å²) >= 11 is 6.02. The van der Waals surface area contributed by atoms with E-state index in [1.165, 1.54) is 0 Å². The third-order valence-corrected chi connectivity index (χ3v) is 3.86. The molecule has 1 aliphatic rings. The molecule has 0 bridgehead atoms. The molecule has 19 heavy (non-hydrogen) atoms. The molecule has 4 heteroatoms. The number of hydrogen-bond acceptors (Lipinski definition) is 3. The normalized spacial score (nSPS) is 25.6. The van der Waals surface area contributed by atoms with Crippen molar-refractivity contribution in [2.75, 3.05) is 13.7 Å². The molecule has 0 aromatic heterocycles. The summed E-state index contributed by atoms with van der Waals surface area (Å²) in [7, 11) is 1.59. The molecule has 0 spiro atoms. The van der Waals surface area contributed by atoms with Crippen LogP contribution in [0.3, 0.4) is 0 Å². The Bertz CT molecular complexity index is 496. The fraction of sp³-hybridized carbons (Fsp3) is 0.400. The fourth-order valence-corrected chi connectivity index (χ4v) is 2.60. The van der Waals surface area contributed by atoms with E-state index >= 15 is 0 Å². The molecule has 102 valence electrons. The monoisotopic (exact) mass is 280 g/mol. The molecule has 1 saturated carbocycles. The van der Waals surface area contributed by atoms with Gasteiger partial charge in [0.2, 0.25) is 0 Å². The van der Waals surface area contributed by atoms with Crippen LogP contribution in [0.5, 0.6) is 5.75 Å². The molecule has 0 amide bonds. The highest BCUT2D eigenvalue weighted by atomic mass is 35.5. The maximum Gasteiger partial charge on any atom is 0.177 e. The van der Waals surface area contributed by atoms with Crippen molar-refractivity contribution in [3.05, 3.63) is 35.4 Å². The van der Waals surface area contributed by atoms with Gasteiger partial charge in [-0.05, 0) is 25.0 Å². The molecule has 1 aromatic carbocycles. The smallest absolute Gasteiger partial charge is 0.177 e. The Morgan fingerprint density at radius 1 is 1.42 bits per heavy atom. The zero-order chi connectivity index (χ0) is 13.8. The summed E-state index contributed by atoms with van der Waals surface area (Å²) in [5, 5.41) is 8.92. The highest BCUT2D eigenvalue weighted by molar-refractivity contribution is 6.34. The summed E-state index contributed by atoms with van der Waals surface area (Å²) in [5.41, 5.74) is 1.43. The lowest BCUT2D eigenvalue weighted by Crippen LogP contribution is -2.30. The SMILES string of the molecule is COc1ccccc1C=C1C(=O)C(Cl)CCC1CO. The number of aliphatic hydroxyl groups is 1. The first-order valence-corrected chi connectivity index (χ1v) is 6.74. The molecule has 0 aliphatic heterocycles. The Balaban J connectivity index is 2.40. The number of alkyl halides is 1. The van der Waals surface area contributed by atoms with Gasteiger partial charge >= 0.3 is 0 Å². The van der Waals surface area contributed by atoms with E-state index in [1.807, 2.05) is 24.3 Å². The van der Waals surface area contributed by atoms with Gasteiger partial charge in [-0.1, -0.05) is 18.2 Å². The molecular formula is C15H17ClO3. The van der Waals surface area contributed by atoms with Gasteiger partial charge in [0.05, 0.1) is 19.1 Å². The zero-order valence-electron chi connectivity index (χ0n) is 10.8. The van der Waals surface area contributed by atoms with E-state index in [0.29, 0.717) is 17.7 Å². The predicted molar refractivity (Wildman–Crippen MR) is 75.4 cm³/mol. The van der Waals surface area contributed by atoms with Crippen LogP contribution in [0.4, 0.5) is 0 Å². The second-order valence-electron chi connectivity index (χ2n) is 4.63. The van der Waals surface area contributed by atoms with Crippen molar-refractivity contribution in [3.63, 3.8) is 0 Å². The zero-order valence-corrected chi connectivity index (χ0v) is 11.6. The van der Waals surface area contributed by atoms with Gasteiger partial charge in [0.15, 0.2) is 5.78 Å². The minimum atomic E-state index is -0.483. The molecule has 1 N–H and O–H groups in total. The van der Waals surface area contributed by atoms with Crippen LogP contribution in [0.25, 0.3) is 6.08 Å². The van der Waals surface area contributed by atoms with Crippen molar-refractivity contribution in [3.8, 4) is 5.75 Å². The number of benzene rings is 1. The predicted octanol–water partition coefficient (Wildman–Crippen LogP) is 2.66. The van der Waals surface area contributed by atoms with E-state index in [9.17, 15) is 9.90 Å². The molecule has 0 radical (unpaired) electrons. The van der Waals surface area contributed by atoms with Gasteiger partial charge in [-0.25, -0.2) is 0 Å². The van der Waals surface area contributed by atoms with E-state index in [2.05, 4.69) is 0 Å². The number of carbonyl (C=O) groups excluding carboxylic acids is 1. The van der Waals surface area contributed by atoms with E-state index < -0.39 is 5.38 Å². The van der Waals surface area contributed by atoms with Gasteiger partial charge in [0.1, 0.15) is 5.75 Å². The molecule has 1 aromatic rings. The topological polar surface area (TPSA) is 46.5 Å². The molecule has 1 aliphatic carbocycles. The lowest BCUT2D eigenvalue weighted by Gasteiger charge is -2.25. The molecule has 0 saturated heterocycles. The number of hydrogen-bond donors (Lipinski definition) is 1. The molecule has 2 atom stereocenters. The Kier molecular flexibility index (Phi) is 4.61. The first kappa shape index (κ1) is 14.1. The van der Waals surface area contributed by atoms with Crippen LogP contribution < -0.4 is 4.74 Å². The van der Waals surface area contributed by atoms with Crippen molar-refractivity contribution in [1.82, 2.24) is 0 Å². The highest BCUT2D eigenvalue weighted by Gasteiger charge is 2.31. The maximum atomic E-state index is 12.1. The molecule has 2 unspecified atom stereocenters. The van der Waals surface area contributed by atoms with Gasteiger partial charge in [-0.15, -0.1) is 11.6 Å². The van der Waals surface area contributed by atoms with E-state index in [0.717, 1.165) is 12.0 Å². The van der Waals surface area contributed by atoms with E-state index in [4.69, 9.17) is 16.3 Å². The lowest BCUT2D eigenvalue weighted by atomic mass is 9.82. The van der Waals surface area contributed by atoms with Crippen molar-refractivity contribution < 1.29 is 14.6 Å². The van der Waals surface area contributed by atoms with Gasteiger partial charge in [-0.3, -0.25) is 4.79 Å². The number of ether oxygens (including phenoxy) is 1. The van der Waals surface area contributed by atoms with E-state index in [1.54, 1.807) is 13.2 Å². The quantitative estimate of drug-likeness (QED) is 0.684. The van der Waals surface area contributed by atoms with Gasteiger partial charge < -0.3 is 9.84 Å². The van der Waals surface area contributed by atoms with Crippen LogP contribution in [-0.4, -0.2) is 30.0 Å². The average molecular weight is 281 g/mol. The van der Waals surface area contributed by atoms with Crippen molar-refractivity contribution in [1.29, 1.82) is 0 Å². The minimum Gasteiger partial charge on any atom is -0.496 e. The average Bonchev–Trinajstić information content (AvgIpc) is 2.44. The molecular weight excluding hydrogens is 264 g/mol. The van der Waals surface area contributed by atoms with Crippen LogP contribution in [0.15, 0.2) is 29.8 Å². The van der Waals surface area contributed by atoms with Gasteiger partial charge in [0.25, 0.3) is 0 Å². The standard InChI is InChI=1S/C15H17ClO3/c1-19-14-5-3-2-4-10(14)8-12-11(9-17)6-7-13(16)15(12)18/h2-5,8,11,13,17H,6-7,9H2,1H3. The third kappa shape index (κ3) is 2.99. The van der Waals surface area contributed by atoms with Gasteiger partial charge in [-0.2, -0.15) is 0 Å². The summed E-state index contributed by atoms with van der Waals surface area (Å²) in [5.74, 6) is 0.487. The Hall–Kier alpha value is -1.32. The van der Waals surface area contributed by atoms with Crippen LogP contribution in [0, 0.1) is 5.92 Å². The second kappa shape index (κ2) is 6.22. The molecule has 0 heterocycles. The van der Waals surface area contributed by atoms with Crippen LogP contribution in [0.2, 0.25) is 0 Å². The largest absolute Gasteiger partial charge is 0.496 e. The lowest BCUT2D eigenvalue weighted by molar-refractivity contribution is -0.117. The summed E-state index contributed by atoms with van der Waals surface area (Å²) in [6, 6.07) is 7.48. The van der Waals surface area contributed by atoms with E-state index in [-0.39, 0.29) is 18.3 Å². The van der Waals surface area contributed by atoms with Crippen molar-refractivity contribution in [2.24, 2.45) is 5.92 Å². The summed E-state index contributed by atoms with van der Waals surface area (Å²) in [6.07, 6.45) is 3.14. The number of carbonyl (C=O) groups is 1. The summed E-state index contributed by atoms with van der Waals surface area (Å²) in [4.78, 5) is 12.1. The first-order chi connectivity index (χ1) is 9.17. The number of methoxy groups -OCH3 is 1. The van der Waals surface area contributed by atoms with Crippen LogP contribution in [-0.2, 0) is 4.79 Å². The summed E-state index contributed by atoms with van der Waals surface area (Å²) < 4.78 is 5.27. The Morgan fingerprint density at radius 3 is 2.84 bits per heavy atom. The number of halogens is 1. The number of rotatable bonds is 3. The summed E-state index contributed by atoms with van der Waals surface area (Å²) in [6.45, 7) is -0.0314. The number of aliphatic hydroxyl groups excluding tert-OH is 1. The minimum absolute atomic E-state index is 0.0314. The molecule has 1 fully saturated rings. The maximum absolute atomic E-state index is 12.1. The highest BCUT2D eigenvalue weighted by Crippen LogP contribution is 2.32. The fourth-order valence-electron chi connectivity index (χ4n) is 2.35. The third-order valence-electron chi connectivity index (χ3n) is 3.45. The van der Waals surface area contributed by atoms with Crippen molar-refractivity contribution in [2.45, 2.75) is 18.2 Å². The molecule has 2 rings (SSSR count). The molecule has 3 nitrogen and oxygen atoms in total. The second-order valence-corrected chi connectivity index (χ2v) is 5.16. The Morgan fingerprint density at radius 2 is 2.16 bits per heavy atom. The van der Waals surface area contributed by atoms with Crippen molar-refractivity contribution >= 4 is 23.5 Å². The first-order valence-electron chi connectivity index (χ1n) is 6.31. The van der Waals surface area contributed by atoms with Gasteiger partial charge in [0, 0.05) is 17.1 Å². The van der Waals surface area contributed by atoms with Crippen LogP contribution >= 0.6 is 11.6 Å². The number of para-hydroxylation sites is 1. The number of Topliss-reactive ketones (excluding diaryl/α,β-unsaturated/α-hetero) is 1. The Labute approximate surface area is 117 Å².